The highest BCUT2D eigenvalue weighted by atomic mass is 16.3. The molecule has 2 atom stereocenters. The van der Waals surface area contributed by atoms with E-state index in [1.165, 1.54) is 0 Å². The van der Waals surface area contributed by atoms with Gasteiger partial charge in [-0.05, 0) is 38.0 Å². The van der Waals surface area contributed by atoms with Crippen LogP contribution in [0, 0.1) is 0 Å². The summed E-state index contributed by atoms with van der Waals surface area (Å²) in [5.74, 6) is 1.77. The largest absolute Gasteiger partial charge is 0.469 e. The molecule has 4 rings (SSSR count). The van der Waals surface area contributed by atoms with Crippen molar-refractivity contribution in [3.8, 4) is 0 Å². The Bertz CT molecular complexity index is 862. The molecule has 2 heterocycles. The van der Waals surface area contributed by atoms with Crippen molar-refractivity contribution in [2.45, 2.75) is 38.3 Å². The van der Waals surface area contributed by atoms with E-state index in [0.717, 1.165) is 47.3 Å². The molecule has 0 spiro atoms. The molecule has 130 valence electrons. The van der Waals surface area contributed by atoms with Crippen molar-refractivity contribution in [3.05, 3.63) is 59.7 Å². The Hall–Kier alpha value is -2.69. The fourth-order valence-electron chi connectivity index (χ4n) is 3.46. The Morgan fingerprint density at radius 1 is 1.32 bits per heavy atom. The highest BCUT2D eigenvalue weighted by Gasteiger charge is 2.27. The van der Waals surface area contributed by atoms with Crippen LogP contribution in [-0.4, -0.2) is 18.0 Å². The second-order valence-corrected chi connectivity index (χ2v) is 6.67. The van der Waals surface area contributed by atoms with Gasteiger partial charge in [-0.15, -0.1) is 0 Å². The molecule has 2 amide bonds. The molecule has 0 saturated carbocycles. The van der Waals surface area contributed by atoms with Crippen molar-refractivity contribution < 1.29 is 13.6 Å². The third-order valence-electron chi connectivity index (χ3n) is 5.11. The zero-order valence-electron chi connectivity index (χ0n) is 14.5. The predicted molar refractivity (Wildman–Crippen MR) is 95.3 cm³/mol. The Kier molecular flexibility index (Phi) is 3.99. The van der Waals surface area contributed by atoms with Crippen LogP contribution in [0.3, 0.4) is 0 Å². The number of fused-ring (bicyclic) bond motifs is 2. The summed E-state index contributed by atoms with van der Waals surface area (Å²) < 4.78 is 11.4. The minimum absolute atomic E-state index is 0.0142. The fraction of sp³-hybridized carbons (Fsp3) is 0.350. The van der Waals surface area contributed by atoms with Crippen LogP contribution in [0.1, 0.15) is 48.9 Å². The minimum atomic E-state index is -0.153. The van der Waals surface area contributed by atoms with E-state index in [-0.39, 0.29) is 18.1 Å². The first-order valence-corrected chi connectivity index (χ1v) is 8.71. The number of furan rings is 2. The number of rotatable bonds is 3. The third kappa shape index (κ3) is 2.90. The van der Waals surface area contributed by atoms with Crippen LogP contribution in [0.15, 0.2) is 51.5 Å². The quantitative estimate of drug-likeness (QED) is 0.746. The van der Waals surface area contributed by atoms with Crippen molar-refractivity contribution in [3.63, 3.8) is 0 Å². The molecule has 5 heteroatoms. The zero-order chi connectivity index (χ0) is 17.4. The lowest BCUT2D eigenvalue weighted by molar-refractivity contribution is 0.182. The normalized spacial score (nSPS) is 17.9. The van der Waals surface area contributed by atoms with Gasteiger partial charge in [0.05, 0.1) is 18.3 Å². The van der Waals surface area contributed by atoms with E-state index in [9.17, 15) is 4.79 Å². The first-order chi connectivity index (χ1) is 12.1. The lowest BCUT2D eigenvalue weighted by Gasteiger charge is -2.28. The summed E-state index contributed by atoms with van der Waals surface area (Å²) in [6.45, 7) is 1.97. The van der Waals surface area contributed by atoms with E-state index in [2.05, 4.69) is 5.32 Å². The number of amides is 2. The topological polar surface area (TPSA) is 58.6 Å². The van der Waals surface area contributed by atoms with Gasteiger partial charge in [0.15, 0.2) is 0 Å². The van der Waals surface area contributed by atoms with Gasteiger partial charge in [0.25, 0.3) is 0 Å². The van der Waals surface area contributed by atoms with Gasteiger partial charge in [-0.3, -0.25) is 0 Å². The van der Waals surface area contributed by atoms with Crippen molar-refractivity contribution in [1.29, 1.82) is 0 Å². The number of benzene rings is 1. The maximum atomic E-state index is 12.7. The van der Waals surface area contributed by atoms with E-state index < -0.39 is 0 Å². The maximum Gasteiger partial charge on any atom is 0.318 e. The third-order valence-corrected chi connectivity index (χ3v) is 5.11. The summed E-state index contributed by atoms with van der Waals surface area (Å²) in [5.41, 5.74) is 1.94. The first-order valence-electron chi connectivity index (χ1n) is 8.71. The minimum Gasteiger partial charge on any atom is -0.469 e. The van der Waals surface area contributed by atoms with Gasteiger partial charge < -0.3 is 19.1 Å². The van der Waals surface area contributed by atoms with Crippen LogP contribution < -0.4 is 5.32 Å². The van der Waals surface area contributed by atoms with Crippen LogP contribution in [-0.2, 0) is 6.42 Å². The monoisotopic (exact) mass is 338 g/mol. The molecule has 0 saturated heterocycles. The van der Waals surface area contributed by atoms with Crippen LogP contribution in [0.2, 0.25) is 0 Å². The number of carbonyl (C=O) groups is 1. The summed E-state index contributed by atoms with van der Waals surface area (Å²) in [6.07, 6.45) is 4.61. The van der Waals surface area contributed by atoms with Crippen molar-refractivity contribution in [1.82, 2.24) is 10.2 Å². The summed E-state index contributed by atoms with van der Waals surface area (Å²) in [5, 5.41) is 4.18. The summed E-state index contributed by atoms with van der Waals surface area (Å²) >= 11 is 0. The Morgan fingerprint density at radius 3 is 3.00 bits per heavy atom. The molecule has 0 aliphatic heterocycles. The maximum absolute atomic E-state index is 12.7. The molecule has 1 aliphatic carbocycles. The number of aryl methyl sites for hydroxylation is 1. The highest BCUT2D eigenvalue weighted by Crippen LogP contribution is 2.31. The SMILES string of the molecule is CC(c1cc2ccccc2o1)N(C)C(=O)NC1CCCc2occc21. The predicted octanol–water partition coefficient (Wildman–Crippen LogP) is 4.81. The zero-order valence-corrected chi connectivity index (χ0v) is 14.5. The number of para-hydroxylation sites is 1. The smallest absolute Gasteiger partial charge is 0.318 e. The molecule has 0 bridgehead atoms. The highest BCUT2D eigenvalue weighted by molar-refractivity contribution is 5.78. The van der Waals surface area contributed by atoms with Crippen LogP contribution in [0.25, 0.3) is 11.0 Å². The van der Waals surface area contributed by atoms with Gasteiger partial charge in [-0.25, -0.2) is 4.79 Å². The van der Waals surface area contributed by atoms with E-state index in [4.69, 9.17) is 8.83 Å². The van der Waals surface area contributed by atoms with Crippen molar-refractivity contribution >= 4 is 17.0 Å². The molecule has 1 N–H and O–H groups in total. The number of urea groups is 1. The molecule has 1 aliphatic rings. The van der Waals surface area contributed by atoms with Gasteiger partial charge in [-0.1, -0.05) is 18.2 Å². The van der Waals surface area contributed by atoms with Gasteiger partial charge >= 0.3 is 6.03 Å². The van der Waals surface area contributed by atoms with E-state index in [0.29, 0.717) is 0 Å². The Morgan fingerprint density at radius 2 is 2.16 bits per heavy atom. The van der Waals surface area contributed by atoms with E-state index in [1.54, 1.807) is 18.2 Å². The number of hydrogen-bond donors (Lipinski definition) is 1. The fourth-order valence-corrected chi connectivity index (χ4v) is 3.46. The van der Waals surface area contributed by atoms with Crippen molar-refractivity contribution in [2.24, 2.45) is 0 Å². The van der Waals surface area contributed by atoms with Gasteiger partial charge in [0, 0.05) is 24.4 Å². The van der Waals surface area contributed by atoms with E-state index in [1.807, 2.05) is 43.3 Å². The molecule has 0 fully saturated rings. The Labute approximate surface area is 146 Å². The van der Waals surface area contributed by atoms with Gasteiger partial charge in [0.1, 0.15) is 17.1 Å². The molecule has 5 nitrogen and oxygen atoms in total. The molecule has 1 aromatic carbocycles. The first kappa shape index (κ1) is 15.8. The van der Waals surface area contributed by atoms with Gasteiger partial charge in [0.2, 0.25) is 0 Å². The molecular formula is C20H22N2O3. The van der Waals surface area contributed by atoms with Crippen molar-refractivity contribution in [2.75, 3.05) is 7.05 Å². The lowest BCUT2D eigenvalue weighted by atomic mass is 9.93. The number of nitrogens with one attached hydrogen (secondary N) is 1. The summed E-state index contributed by atoms with van der Waals surface area (Å²) in [4.78, 5) is 14.4. The average Bonchev–Trinajstić information content (AvgIpc) is 3.27. The molecule has 25 heavy (non-hydrogen) atoms. The van der Waals surface area contributed by atoms with E-state index >= 15 is 0 Å². The molecule has 3 aromatic rings. The Balaban J connectivity index is 1.48. The lowest BCUT2D eigenvalue weighted by Crippen LogP contribution is -2.41. The number of hydrogen-bond acceptors (Lipinski definition) is 3. The average molecular weight is 338 g/mol. The molecule has 2 unspecified atom stereocenters. The summed E-state index contributed by atoms with van der Waals surface area (Å²) in [7, 11) is 1.80. The second kappa shape index (κ2) is 6.31. The van der Waals surface area contributed by atoms with Crippen LogP contribution >= 0.6 is 0 Å². The standard InChI is InChI=1S/C20H22N2O3/c1-13(19-12-14-6-3-4-8-17(14)25-19)22(2)20(23)21-16-7-5-9-18-15(16)10-11-24-18/h3-4,6,8,10-13,16H,5,7,9H2,1-2H3,(H,21,23). The van der Waals surface area contributed by atoms with Crippen LogP contribution in [0.5, 0.6) is 0 Å². The van der Waals surface area contributed by atoms with Gasteiger partial charge in [-0.2, -0.15) is 0 Å². The molecule has 2 aromatic heterocycles. The number of nitrogens with zero attached hydrogens (tertiary/aromatic N) is 1. The number of carbonyl (C=O) groups excluding carboxylic acids is 1. The molecular weight excluding hydrogens is 316 g/mol. The molecule has 0 radical (unpaired) electrons. The summed E-state index contributed by atoms with van der Waals surface area (Å²) in [6, 6.07) is 11.6. The van der Waals surface area contributed by atoms with Crippen LogP contribution in [0.4, 0.5) is 4.79 Å². The second-order valence-electron chi connectivity index (χ2n) is 6.67.